The summed E-state index contributed by atoms with van der Waals surface area (Å²) in [5.74, 6) is 0. The molecular weight excluding hydrogens is 633 g/mol. The molecule has 1 aliphatic carbocycles. The zero-order valence-electron chi connectivity index (χ0n) is 28.5. The van der Waals surface area contributed by atoms with Crippen molar-refractivity contribution in [1.29, 1.82) is 0 Å². The average molecular weight is 667 g/mol. The number of rotatable bonds is 6. The van der Waals surface area contributed by atoms with Crippen LogP contribution in [0.3, 0.4) is 0 Å². The minimum Gasteiger partial charge on any atom is -0.455 e. The number of hydrogen-bond donors (Lipinski definition) is 0. The zero-order chi connectivity index (χ0) is 34.4. The molecular formula is C49H34N2O. The second-order valence-corrected chi connectivity index (χ2v) is 13.5. The molecule has 0 unspecified atom stereocenters. The summed E-state index contributed by atoms with van der Waals surface area (Å²) in [6.45, 7) is 0. The number of benzene rings is 7. The molecule has 3 nitrogen and oxygen atoms in total. The van der Waals surface area contributed by atoms with Crippen LogP contribution in [0.5, 0.6) is 0 Å². The maximum atomic E-state index is 6.67. The van der Waals surface area contributed by atoms with E-state index in [1.165, 1.54) is 49.9 Å². The minimum atomic E-state index is 0.862. The van der Waals surface area contributed by atoms with Crippen molar-refractivity contribution in [3.8, 4) is 22.3 Å². The van der Waals surface area contributed by atoms with Crippen LogP contribution in [-0.2, 0) is 0 Å². The maximum absolute atomic E-state index is 6.67. The minimum absolute atomic E-state index is 0.862. The third kappa shape index (κ3) is 5.18. The van der Waals surface area contributed by atoms with Crippen LogP contribution < -0.4 is 4.90 Å². The van der Waals surface area contributed by atoms with E-state index in [2.05, 4.69) is 174 Å². The molecule has 3 heteroatoms. The van der Waals surface area contributed by atoms with Crippen molar-refractivity contribution < 1.29 is 4.42 Å². The monoisotopic (exact) mass is 666 g/mol. The number of hydrogen-bond acceptors (Lipinski definition) is 3. The molecule has 0 bridgehead atoms. The van der Waals surface area contributed by atoms with E-state index >= 15 is 0 Å². The number of furan rings is 1. The average Bonchev–Trinajstić information content (AvgIpc) is 3.60. The van der Waals surface area contributed by atoms with Crippen molar-refractivity contribution in [3.63, 3.8) is 0 Å². The highest BCUT2D eigenvalue weighted by Gasteiger charge is 2.22. The van der Waals surface area contributed by atoms with Crippen molar-refractivity contribution in [2.75, 3.05) is 4.90 Å². The second kappa shape index (κ2) is 12.6. The zero-order valence-corrected chi connectivity index (χ0v) is 28.5. The van der Waals surface area contributed by atoms with Gasteiger partial charge in [0.05, 0.1) is 0 Å². The highest BCUT2D eigenvalue weighted by molar-refractivity contribution is 6.15. The predicted octanol–water partition coefficient (Wildman–Crippen LogP) is 13.5. The van der Waals surface area contributed by atoms with Gasteiger partial charge >= 0.3 is 0 Å². The number of nitrogens with zero attached hydrogens (tertiary/aromatic N) is 2. The summed E-state index contributed by atoms with van der Waals surface area (Å²) in [6, 6.07) is 56.7. The summed E-state index contributed by atoms with van der Waals surface area (Å²) in [5.41, 5.74) is 12.6. The summed E-state index contributed by atoms with van der Waals surface area (Å²) in [4.78, 5) is 6.83. The molecule has 246 valence electrons. The Morgan fingerprint density at radius 2 is 1.21 bits per heavy atom. The molecule has 0 saturated carbocycles. The summed E-state index contributed by atoms with van der Waals surface area (Å²) >= 11 is 0. The van der Waals surface area contributed by atoms with Crippen molar-refractivity contribution >= 4 is 60.4 Å². The van der Waals surface area contributed by atoms with E-state index in [0.717, 1.165) is 56.9 Å². The molecule has 0 atom stereocenters. The van der Waals surface area contributed by atoms with Gasteiger partial charge in [-0.3, -0.25) is 4.98 Å². The van der Waals surface area contributed by atoms with Gasteiger partial charge in [0.2, 0.25) is 0 Å². The number of allylic oxidation sites excluding steroid dienone is 4. The van der Waals surface area contributed by atoms with Gasteiger partial charge in [-0.05, 0) is 105 Å². The Kier molecular flexibility index (Phi) is 7.28. The lowest BCUT2D eigenvalue weighted by Crippen LogP contribution is -2.18. The third-order valence-corrected chi connectivity index (χ3v) is 10.5. The van der Waals surface area contributed by atoms with Gasteiger partial charge in [-0.1, -0.05) is 121 Å². The molecule has 2 heterocycles. The molecule has 0 amide bonds. The van der Waals surface area contributed by atoms with Crippen molar-refractivity contribution in [2.45, 2.75) is 12.8 Å². The van der Waals surface area contributed by atoms with Gasteiger partial charge in [-0.25, -0.2) is 0 Å². The van der Waals surface area contributed by atoms with Gasteiger partial charge in [-0.2, -0.15) is 0 Å². The second-order valence-electron chi connectivity index (χ2n) is 13.5. The Morgan fingerprint density at radius 1 is 0.481 bits per heavy atom. The first-order valence-corrected chi connectivity index (χ1v) is 17.9. The summed E-state index contributed by atoms with van der Waals surface area (Å²) in [7, 11) is 0. The SMILES string of the molecule is C1=C(c2ccccc2)CCC(N(c2ccc(-c3cccc4ccccc34)c(-c3ccccc3)c2)c2ccc3c(c2)oc2c4cnccc4ccc32)=C1. The van der Waals surface area contributed by atoms with Crippen molar-refractivity contribution in [2.24, 2.45) is 0 Å². The molecule has 0 aliphatic heterocycles. The van der Waals surface area contributed by atoms with E-state index in [-0.39, 0.29) is 0 Å². The lowest BCUT2D eigenvalue weighted by molar-refractivity contribution is 0.672. The fourth-order valence-electron chi connectivity index (χ4n) is 7.93. The Labute approximate surface area is 302 Å². The highest BCUT2D eigenvalue weighted by Crippen LogP contribution is 2.44. The van der Waals surface area contributed by atoms with Gasteiger partial charge in [0.1, 0.15) is 11.2 Å². The number of aromatic nitrogens is 1. The van der Waals surface area contributed by atoms with Crippen molar-refractivity contribution in [3.05, 3.63) is 194 Å². The Bertz CT molecular complexity index is 2840. The summed E-state index contributed by atoms with van der Waals surface area (Å²) in [5, 5.41) is 6.84. The van der Waals surface area contributed by atoms with Gasteiger partial charge < -0.3 is 9.32 Å². The topological polar surface area (TPSA) is 29.3 Å². The number of fused-ring (bicyclic) bond motifs is 6. The lowest BCUT2D eigenvalue weighted by Gasteiger charge is -2.31. The van der Waals surface area contributed by atoms with Crippen LogP contribution in [0.1, 0.15) is 18.4 Å². The summed E-state index contributed by atoms with van der Waals surface area (Å²) < 4.78 is 6.67. The first-order valence-electron chi connectivity index (χ1n) is 17.9. The van der Waals surface area contributed by atoms with Crippen LogP contribution in [0, 0.1) is 0 Å². The third-order valence-electron chi connectivity index (χ3n) is 10.5. The van der Waals surface area contributed by atoms with Crippen LogP contribution in [-0.4, -0.2) is 4.98 Å². The van der Waals surface area contributed by atoms with E-state index in [1.54, 1.807) is 0 Å². The van der Waals surface area contributed by atoms with Gasteiger partial charge in [0.25, 0.3) is 0 Å². The highest BCUT2D eigenvalue weighted by atomic mass is 16.3. The smallest absolute Gasteiger partial charge is 0.144 e. The molecule has 7 aromatic carbocycles. The molecule has 2 aromatic heterocycles. The number of pyridine rings is 1. The molecule has 0 radical (unpaired) electrons. The Morgan fingerprint density at radius 3 is 2.06 bits per heavy atom. The van der Waals surface area contributed by atoms with Crippen LogP contribution in [0.2, 0.25) is 0 Å². The van der Waals surface area contributed by atoms with Crippen LogP contribution >= 0.6 is 0 Å². The summed E-state index contributed by atoms with van der Waals surface area (Å²) in [6.07, 6.45) is 10.2. The van der Waals surface area contributed by atoms with E-state index in [4.69, 9.17) is 4.42 Å². The van der Waals surface area contributed by atoms with Crippen LogP contribution in [0.15, 0.2) is 192 Å². The van der Waals surface area contributed by atoms with Gasteiger partial charge in [0, 0.05) is 51.7 Å². The predicted molar refractivity (Wildman–Crippen MR) is 218 cm³/mol. The molecule has 0 N–H and O–H groups in total. The van der Waals surface area contributed by atoms with Gasteiger partial charge in [0.15, 0.2) is 0 Å². The van der Waals surface area contributed by atoms with Crippen molar-refractivity contribution in [1.82, 2.24) is 4.98 Å². The quantitative estimate of drug-likeness (QED) is 0.177. The normalized spacial score (nSPS) is 13.1. The first-order chi connectivity index (χ1) is 25.8. The Hall–Kier alpha value is -6.71. The molecule has 0 spiro atoms. The van der Waals surface area contributed by atoms with E-state index in [1.807, 2.05) is 18.5 Å². The lowest BCUT2D eigenvalue weighted by atomic mass is 9.90. The maximum Gasteiger partial charge on any atom is 0.144 e. The molecule has 52 heavy (non-hydrogen) atoms. The van der Waals surface area contributed by atoms with E-state index in [0.29, 0.717) is 0 Å². The molecule has 1 aliphatic rings. The number of anilines is 2. The Balaban J connectivity index is 1.18. The van der Waals surface area contributed by atoms with E-state index in [9.17, 15) is 0 Å². The molecule has 10 rings (SSSR count). The van der Waals surface area contributed by atoms with Crippen LogP contribution in [0.25, 0.3) is 71.3 Å². The largest absolute Gasteiger partial charge is 0.455 e. The fraction of sp³-hybridized carbons (Fsp3) is 0.0408. The van der Waals surface area contributed by atoms with Gasteiger partial charge in [-0.15, -0.1) is 0 Å². The fourth-order valence-corrected chi connectivity index (χ4v) is 7.93. The molecule has 9 aromatic rings. The standard InChI is InChI=1S/C49H34N2O/c1-3-10-33(11-4-1)34-18-21-38(22-19-34)51(40-24-27-44-45-25-20-37-28-29-50-32-47(37)49(45)52-48(44)31-40)39-23-26-43(46(30-39)36-12-5-2-6-13-36)42-17-9-15-35-14-7-8-16-41(35)42/h1-18,20-21,23-32H,19,22H2. The molecule has 0 saturated heterocycles. The first kappa shape index (κ1) is 30.1. The van der Waals surface area contributed by atoms with Crippen LogP contribution in [0.4, 0.5) is 11.4 Å². The van der Waals surface area contributed by atoms with E-state index < -0.39 is 0 Å². The molecule has 0 fully saturated rings.